The van der Waals surface area contributed by atoms with E-state index in [1.165, 1.54) is 17.4 Å². The number of thiophene rings is 1. The number of rotatable bonds is 8. The first-order chi connectivity index (χ1) is 17.9. The predicted molar refractivity (Wildman–Crippen MR) is 147 cm³/mol. The third-order valence-electron chi connectivity index (χ3n) is 5.94. The standard InChI is InChI=1S/C30H26N2O4S/c1-4-35-30(34)27-19(2)20(3)37-29(27)32-28(33)24(17-31)16-22-11-6-8-15-26(22)36-18-23-13-9-12-21-10-5-7-14-25(21)23/h5-16H,4,18H2,1-3H3,(H,32,33). The van der Waals surface area contributed by atoms with Crippen LogP contribution in [0.15, 0.2) is 72.3 Å². The molecule has 0 fully saturated rings. The summed E-state index contributed by atoms with van der Waals surface area (Å²) in [7, 11) is 0. The Morgan fingerprint density at radius 2 is 1.76 bits per heavy atom. The number of para-hydroxylation sites is 1. The molecule has 0 atom stereocenters. The fraction of sp³-hybridized carbons (Fsp3) is 0.167. The Hall–Kier alpha value is -4.41. The summed E-state index contributed by atoms with van der Waals surface area (Å²) in [5.41, 5.74) is 2.57. The lowest BCUT2D eigenvalue weighted by Crippen LogP contribution is -2.16. The van der Waals surface area contributed by atoms with E-state index in [2.05, 4.69) is 23.5 Å². The van der Waals surface area contributed by atoms with E-state index in [-0.39, 0.29) is 12.2 Å². The summed E-state index contributed by atoms with van der Waals surface area (Å²) in [6.45, 7) is 5.94. The second-order valence-corrected chi connectivity index (χ2v) is 9.52. The molecule has 0 aliphatic carbocycles. The highest BCUT2D eigenvalue weighted by Gasteiger charge is 2.23. The van der Waals surface area contributed by atoms with Gasteiger partial charge in [-0.1, -0.05) is 60.7 Å². The van der Waals surface area contributed by atoms with Crippen molar-refractivity contribution in [2.75, 3.05) is 11.9 Å². The molecule has 0 aliphatic rings. The van der Waals surface area contributed by atoms with Crippen molar-refractivity contribution in [3.05, 3.63) is 99.4 Å². The number of ether oxygens (including phenoxy) is 2. The van der Waals surface area contributed by atoms with Crippen molar-refractivity contribution >= 4 is 45.1 Å². The van der Waals surface area contributed by atoms with Gasteiger partial charge in [-0.15, -0.1) is 11.3 Å². The number of nitriles is 1. The molecule has 3 aromatic carbocycles. The monoisotopic (exact) mass is 510 g/mol. The van der Waals surface area contributed by atoms with E-state index in [1.807, 2.05) is 49.4 Å². The second kappa shape index (κ2) is 11.5. The normalized spacial score (nSPS) is 11.1. The molecule has 0 bridgehead atoms. The molecular weight excluding hydrogens is 484 g/mol. The fourth-order valence-corrected chi connectivity index (χ4v) is 4.99. The van der Waals surface area contributed by atoms with E-state index >= 15 is 0 Å². The van der Waals surface area contributed by atoms with Gasteiger partial charge >= 0.3 is 5.97 Å². The Morgan fingerprint density at radius 1 is 1.03 bits per heavy atom. The zero-order valence-electron chi connectivity index (χ0n) is 20.8. The van der Waals surface area contributed by atoms with Gasteiger partial charge in [0.25, 0.3) is 5.91 Å². The molecule has 6 nitrogen and oxygen atoms in total. The van der Waals surface area contributed by atoms with Crippen LogP contribution in [0, 0.1) is 25.2 Å². The van der Waals surface area contributed by atoms with Gasteiger partial charge in [-0.3, -0.25) is 4.79 Å². The van der Waals surface area contributed by atoms with Crippen LogP contribution in [0.25, 0.3) is 16.8 Å². The van der Waals surface area contributed by atoms with E-state index in [4.69, 9.17) is 9.47 Å². The summed E-state index contributed by atoms with van der Waals surface area (Å²) < 4.78 is 11.3. The Balaban J connectivity index is 1.58. The van der Waals surface area contributed by atoms with Crippen LogP contribution in [0.2, 0.25) is 0 Å². The zero-order chi connectivity index (χ0) is 26.4. The first kappa shape index (κ1) is 25.7. The van der Waals surface area contributed by atoms with Crippen LogP contribution in [0.1, 0.15) is 38.8 Å². The SMILES string of the molecule is CCOC(=O)c1c(NC(=O)C(C#N)=Cc2ccccc2OCc2cccc3ccccc23)sc(C)c1C. The lowest BCUT2D eigenvalue weighted by atomic mass is 10.1. The summed E-state index contributed by atoms with van der Waals surface area (Å²) in [5.74, 6) is -0.571. The Labute approximate surface area is 219 Å². The number of aryl methyl sites for hydroxylation is 1. The van der Waals surface area contributed by atoms with Gasteiger partial charge in [0, 0.05) is 10.4 Å². The number of hydrogen-bond acceptors (Lipinski definition) is 6. The number of anilines is 1. The minimum atomic E-state index is -0.613. The summed E-state index contributed by atoms with van der Waals surface area (Å²) in [6, 6.07) is 23.4. The first-order valence-corrected chi connectivity index (χ1v) is 12.6. The molecule has 1 amide bonds. The number of nitrogens with zero attached hydrogens (tertiary/aromatic N) is 1. The highest BCUT2D eigenvalue weighted by Crippen LogP contribution is 2.33. The van der Waals surface area contributed by atoms with Crippen LogP contribution in [-0.2, 0) is 16.1 Å². The molecule has 0 saturated carbocycles. The van der Waals surface area contributed by atoms with E-state index in [0.717, 1.165) is 26.8 Å². The Bertz CT molecular complexity index is 1540. The highest BCUT2D eigenvalue weighted by atomic mass is 32.1. The number of hydrogen-bond donors (Lipinski definition) is 1. The molecule has 4 rings (SSSR count). The molecule has 1 N–H and O–H groups in total. The number of nitrogens with one attached hydrogen (secondary N) is 1. The maximum absolute atomic E-state index is 13.1. The number of carbonyl (C=O) groups excluding carboxylic acids is 2. The zero-order valence-corrected chi connectivity index (χ0v) is 21.6. The lowest BCUT2D eigenvalue weighted by Gasteiger charge is -2.12. The van der Waals surface area contributed by atoms with Gasteiger partial charge in [-0.05, 0) is 54.8 Å². The van der Waals surface area contributed by atoms with Crippen LogP contribution in [0.5, 0.6) is 5.75 Å². The third-order valence-corrected chi connectivity index (χ3v) is 7.06. The summed E-state index contributed by atoms with van der Waals surface area (Å²) >= 11 is 1.27. The number of esters is 1. The first-order valence-electron chi connectivity index (χ1n) is 11.8. The smallest absolute Gasteiger partial charge is 0.341 e. The summed E-state index contributed by atoms with van der Waals surface area (Å²) in [5, 5.41) is 15.1. The molecule has 1 aromatic heterocycles. The molecule has 0 saturated heterocycles. The highest BCUT2D eigenvalue weighted by molar-refractivity contribution is 7.16. The lowest BCUT2D eigenvalue weighted by molar-refractivity contribution is -0.112. The van der Waals surface area contributed by atoms with E-state index < -0.39 is 11.9 Å². The van der Waals surface area contributed by atoms with Crippen molar-refractivity contribution in [1.82, 2.24) is 0 Å². The molecule has 7 heteroatoms. The average Bonchev–Trinajstić information content (AvgIpc) is 3.18. The van der Waals surface area contributed by atoms with E-state index in [1.54, 1.807) is 26.0 Å². The molecule has 0 radical (unpaired) electrons. The van der Waals surface area contributed by atoms with Crippen molar-refractivity contribution in [1.29, 1.82) is 5.26 Å². The van der Waals surface area contributed by atoms with Crippen molar-refractivity contribution < 1.29 is 19.1 Å². The molecule has 186 valence electrons. The van der Waals surface area contributed by atoms with Crippen LogP contribution in [0.4, 0.5) is 5.00 Å². The van der Waals surface area contributed by atoms with Crippen LogP contribution >= 0.6 is 11.3 Å². The molecule has 4 aromatic rings. The van der Waals surface area contributed by atoms with Crippen LogP contribution in [0.3, 0.4) is 0 Å². The van der Waals surface area contributed by atoms with Gasteiger partial charge in [-0.2, -0.15) is 5.26 Å². The molecule has 0 spiro atoms. The van der Waals surface area contributed by atoms with Crippen LogP contribution < -0.4 is 10.1 Å². The third kappa shape index (κ3) is 5.71. The molecular formula is C30H26N2O4S. The molecule has 1 heterocycles. The molecule has 37 heavy (non-hydrogen) atoms. The number of benzene rings is 3. The Kier molecular flexibility index (Phi) is 8.02. The predicted octanol–water partition coefficient (Wildman–Crippen LogP) is 6.82. The van der Waals surface area contributed by atoms with Crippen molar-refractivity contribution in [3.63, 3.8) is 0 Å². The van der Waals surface area contributed by atoms with Crippen molar-refractivity contribution in [2.45, 2.75) is 27.4 Å². The summed E-state index contributed by atoms with van der Waals surface area (Å²) in [6.07, 6.45) is 1.49. The number of fused-ring (bicyclic) bond motifs is 1. The molecule has 0 unspecified atom stereocenters. The van der Waals surface area contributed by atoms with Gasteiger partial charge in [-0.25, -0.2) is 4.79 Å². The minimum absolute atomic E-state index is 0.111. The number of amides is 1. The topological polar surface area (TPSA) is 88.4 Å². The van der Waals surface area contributed by atoms with Gasteiger partial charge in [0.1, 0.15) is 29.0 Å². The van der Waals surface area contributed by atoms with Crippen molar-refractivity contribution in [3.8, 4) is 11.8 Å². The van der Waals surface area contributed by atoms with Gasteiger partial charge < -0.3 is 14.8 Å². The van der Waals surface area contributed by atoms with Crippen LogP contribution in [-0.4, -0.2) is 18.5 Å². The van der Waals surface area contributed by atoms with E-state index in [9.17, 15) is 14.9 Å². The van der Waals surface area contributed by atoms with Gasteiger partial charge in [0.15, 0.2) is 0 Å². The second-order valence-electron chi connectivity index (χ2n) is 8.30. The Morgan fingerprint density at radius 3 is 2.54 bits per heavy atom. The molecule has 0 aliphatic heterocycles. The average molecular weight is 511 g/mol. The maximum Gasteiger partial charge on any atom is 0.341 e. The maximum atomic E-state index is 13.1. The fourth-order valence-electron chi connectivity index (χ4n) is 3.94. The van der Waals surface area contributed by atoms with Crippen molar-refractivity contribution in [2.24, 2.45) is 0 Å². The quantitative estimate of drug-likeness (QED) is 0.160. The van der Waals surface area contributed by atoms with Gasteiger partial charge in [0.05, 0.1) is 12.2 Å². The minimum Gasteiger partial charge on any atom is -0.488 e. The number of carbonyl (C=O) groups is 2. The summed E-state index contributed by atoms with van der Waals surface area (Å²) in [4.78, 5) is 26.4. The van der Waals surface area contributed by atoms with E-state index in [0.29, 0.717) is 28.5 Å². The largest absolute Gasteiger partial charge is 0.488 e. The van der Waals surface area contributed by atoms with Gasteiger partial charge in [0.2, 0.25) is 0 Å².